The molecule has 0 bridgehead atoms. The molecule has 0 amide bonds. The van der Waals surface area contributed by atoms with Crippen molar-refractivity contribution in [1.82, 2.24) is 0 Å². The molecule has 1 N–H and O–H groups in total. The molecule has 0 radical (unpaired) electrons. The maximum absolute atomic E-state index is 12.5. The third-order valence-electron chi connectivity index (χ3n) is 3.35. The predicted octanol–water partition coefficient (Wildman–Crippen LogP) is 4.23. The van der Waals surface area contributed by atoms with Crippen LogP contribution in [0.3, 0.4) is 0 Å². The van der Waals surface area contributed by atoms with Crippen LogP contribution in [-0.4, -0.2) is 11.1 Å². The molecular weight excluding hydrogens is 348 g/mol. The molecule has 3 aromatic rings. The molecule has 0 aliphatic heterocycles. The average molecular weight is 359 g/mol. The van der Waals surface area contributed by atoms with Crippen molar-refractivity contribution >= 4 is 32.9 Å². The van der Waals surface area contributed by atoms with Crippen LogP contribution in [0.25, 0.3) is 22.3 Å². The number of rotatable bonds is 2. The van der Waals surface area contributed by atoms with Gasteiger partial charge in [0.15, 0.2) is 11.3 Å². The van der Waals surface area contributed by atoms with Gasteiger partial charge in [0.2, 0.25) is 5.43 Å². The second-order valence-corrected chi connectivity index (χ2v) is 5.87. The van der Waals surface area contributed by atoms with Crippen molar-refractivity contribution in [3.05, 3.63) is 68.3 Å². The molecule has 22 heavy (non-hydrogen) atoms. The topological polar surface area (TPSA) is 67.5 Å². The number of benzene rings is 2. The summed E-state index contributed by atoms with van der Waals surface area (Å²) in [6.45, 7) is 1.89. The van der Waals surface area contributed by atoms with Crippen LogP contribution in [0.5, 0.6) is 0 Å². The monoisotopic (exact) mass is 358 g/mol. The van der Waals surface area contributed by atoms with Gasteiger partial charge in [-0.2, -0.15) is 0 Å². The van der Waals surface area contributed by atoms with E-state index in [0.29, 0.717) is 15.6 Å². The Labute approximate surface area is 134 Å². The highest BCUT2D eigenvalue weighted by Crippen LogP contribution is 2.28. The van der Waals surface area contributed by atoms with Crippen LogP contribution in [-0.2, 0) is 0 Å². The highest BCUT2D eigenvalue weighted by atomic mass is 79.9. The van der Waals surface area contributed by atoms with E-state index >= 15 is 0 Å². The molecule has 110 valence electrons. The van der Waals surface area contributed by atoms with Crippen molar-refractivity contribution in [2.75, 3.05) is 0 Å². The van der Waals surface area contributed by atoms with Crippen molar-refractivity contribution < 1.29 is 14.3 Å². The highest BCUT2D eigenvalue weighted by Gasteiger charge is 2.21. The Kier molecular flexibility index (Phi) is 3.58. The number of carboxylic acid groups (broad SMARTS) is 1. The maximum atomic E-state index is 12.5. The van der Waals surface area contributed by atoms with Gasteiger partial charge < -0.3 is 9.52 Å². The fourth-order valence-corrected chi connectivity index (χ4v) is 2.71. The summed E-state index contributed by atoms with van der Waals surface area (Å²) in [5, 5.41) is 9.67. The zero-order valence-corrected chi connectivity index (χ0v) is 13.2. The summed E-state index contributed by atoms with van der Waals surface area (Å²) in [7, 11) is 0. The number of hydrogen-bond donors (Lipinski definition) is 1. The fraction of sp³-hybridized carbons (Fsp3) is 0.0588. The molecule has 2 aromatic carbocycles. The van der Waals surface area contributed by atoms with Crippen LogP contribution in [0.4, 0.5) is 0 Å². The molecule has 0 saturated heterocycles. The lowest BCUT2D eigenvalue weighted by molar-refractivity contribution is 0.0694. The number of fused-ring (bicyclic) bond motifs is 1. The molecule has 0 saturated carbocycles. The summed E-state index contributed by atoms with van der Waals surface area (Å²) in [6.07, 6.45) is 0. The van der Waals surface area contributed by atoms with E-state index in [1.54, 1.807) is 36.4 Å². The van der Waals surface area contributed by atoms with E-state index in [0.717, 1.165) is 5.56 Å². The first-order valence-corrected chi connectivity index (χ1v) is 7.33. The number of aryl methyl sites for hydroxylation is 1. The Morgan fingerprint density at radius 1 is 1.18 bits per heavy atom. The van der Waals surface area contributed by atoms with Gasteiger partial charge in [0.05, 0.1) is 5.39 Å². The zero-order chi connectivity index (χ0) is 15.9. The van der Waals surface area contributed by atoms with Gasteiger partial charge >= 0.3 is 5.97 Å². The number of carboxylic acids is 1. The molecule has 1 aromatic heterocycles. The summed E-state index contributed by atoms with van der Waals surface area (Å²) in [4.78, 5) is 24.1. The van der Waals surface area contributed by atoms with Crippen molar-refractivity contribution in [2.24, 2.45) is 0 Å². The summed E-state index contributed by atoms with van der Waals surface area (Å²) < 4.78 is 6.42. The van der Waals surface area contributed by atoms with Gasteiger partial charge in [0.25, 0.3) is 0 Å². The minimum atomic E-state index is -1.30. The number of carbonyl (C=O) groups is 1. The lowest BCUT2D eigenvalue weighted by Crippen LogP contribution is -2.16. The molecule has 0 spiro atoms. The number of hydrogen-bond acceptors (Lipinski definition) is 3. The molecule has 0 aliphatic carbocycles. The maximum Gasteiger partial charge on any atom is 0.343 e. The standard InChI is InChI=1S/C17H11BrO4/c1-9-3-2-4-10(7-9)16-14(17(20)21)15(19)12-8-11(18)5-6-13(12)22-16/h2-8H,1H3,(H,20,21). The molecular formula is C17H11BrO4. The van der Waals surface area contributed by atoms with E-state index in [-0.39, 0.29) is 16.7 Å². The normalized spacial score (nSPS) is 10.8. The number of aromatic carboxylic acids is 1. The SMILES string of the molecule is Cc1cccc(-c2oc3ccc(Br)cc3c(=O)c2C(=O)O)c1. The molecule has 5 heteroatoms. The van der Waals surface area contributed by atoms with Crippen LogP contribution >= 0.6 is 15.9 Å². The van der Waals surface area contributed by atoms with Gasteiger partial charge in [-0.3, -0.25) is 4.79 Å². The fourth-order valence-electron chi connectivity index (χ4n) is 2.35. The Hall–Kier alpha value is -2.40. The summed E-state index contributed by atoms with van der Waals surface area (Å²) in [5.41, 5.74) is 0.976. The van der Waals surface area contributed by atoms with Crippen LogP contribution in [0.1, 0.15) is 15.9 Å². The first kappa shape index (κ1) is 14.5. The largest absolute Gasteiger partial charge is 0.477 e. The predicted molar refractivity (Wildman–Crippen MR) is 87.3 cm³/mol. The zero-order valence-electron chi connectivity index (χ0n) is 11.6. The lowest BCUT2D eigenvalue weighted by Gasteiger charge is -2.08. The Balaban J connectivity index is 2.44. The van der Waals surface area contributed by atoms with Crippen molar-refractivity contribution in [2.45, 2.75) is 6.92 Å². The molecule has 3 rings (SSSR count). The van der Waals surface area contributed by atoms with Crippen molar-refractivity contribution in [3.8, 4) is 11.3 Å². The van der Waals surface area contributed by atoms with Gasteiger partial charge in [0.1, 0.15) is 5.58 Å². The van der Waals surface area contributed by atoms with Crippen LogP contribution in [0.2, 0.25) is 0 Å². The highest BCUT2D eigenvalue weighted by molar-refractivity contribution is 9.10. The summed E-state index contributed by atoms with van der Waals surface area (Å²) >= 11 is 3.27. The molecule has 0 fully saturated rings. The number of halogens is 1. The van der Waals surface area contributed by atoms with E-state index in [1.165, 1.54) is 0 Å². The average Bonchev–Trinajstić information content (AvgIpc) is 2.47. The van der Waals surface area contributed by atoms with Crippen LogP contribution in [0.15, 0.2) is 56.1 Å². The van der Waals surface area contributed by atoms with E-state index in [9.17, 15) is 14.7 Å². The minimum absolute atomic E-state index is 0.0797. The quantitative estimate of drug-likeness (QED) is 0.744. The van der Waals surface area contributed by atoms with Crippen molar-refractivity contribution in [3.63, 3.8) is 0 Å². The van der Waals surface area contributed by atoms with E-state index in [1.807, 2.05) is 13.0 Å². The van der Waals surface area contributed by atoms with Crippen LogP contribution in [0, 0.1) is 6.92 Å². The molecule has 0 unspecified atom stereocenters. The van der Waals surface area contributed by atoms with Crippen LogP contribution < -0.4 is 5.43 Å². The Morgan fingerprint density at radius 3 is 2.64 bits per heavy atom. The minimum Gasteiger partial charge on any atom is -0.477 e. The lowest BCUT2D eigenvalue weighted by atomic mass is 10.0. The van der Waals surface area contributed by atoms with Crippen molar-refractivity contribution in [1.29, 1.82) is 0 Å². The molecule has 0 aliphatic rings. The van der Waals surface area contributed by atoms with Gasteiger partial charge in [-0.25, -0.2) is 4.79 Å². The summed E-state index contributed by atoms with van der Waals surface area (Å²) in [5.74, 6) is -1.22. The third kappa shape index (κ3) is 2.44. The Morgan fingerprint density at radius 2 is 1.95 bits per heavy atom. The third-order valence-corrected chi connectivity index (χ3v) is 3.84. The first-order valence-electron chi connectivity index (χ1n) is 6.54. The smallest absolute Gasteiger partial charge is 0.343 e. The van der Waals surface area contributed by atoms with E-state index in [4.69, 9.17) is 4.42 Å². The Bertz CT molecular complexity index is 957. The van der Waals surface area contributed by atoms with Gasteiger partial charge in [-0.1, -0.05) is 39.7 Å². The van der Waals surface area contributed by atoms with E-state index in [2.05, 4.69) is 15.9 Å². The first-order chi connectivity index (χ1) is 10.5. The second-order valence-electron chi connectivity index (χ2n) is 4.95. The van der Waals surface area contributed by atoms with Gasteiger partial charge in [-0.05, 0) is 31.2 Å². The molecule has 1 heterocycles. The second kappa shape index (κ2) is 5.42. The summed E-state index contributed by atoms with van der Waals surface area (Å²) in [6, 6.07) is 12.1. The van der Waals surface area contributed by atoms with Gasteiger partial charge in [-0.15, -0.1) is 0 Å². The molecule has 0 atom stereocenters. The molecule has 4 nitrogen and oxygen atoms in total. The van der Waals surface area contributed by atoms with Gasteiger partial charge in [0, 0.05) is 10.0 Å². The van der Waals surface area contributed by atoms with E-state index < -0.39 is 11.4 Å².